The quantitative estimate of drug-likeness (QED) is 0.655. The van der Waals surface area contributed by atoms with Gasteiger partial charge in [-0.25, -0.2) is 0 Å². The molecule has 0 atom stereocenters. The molecule has 1 N–H and O–H groups in total. The van der Waals surface area contributed by atoms with Crippen LogP contribution in [0, 0.1) is 0 Å². The van der Waals surface area contributed by atoms with E-state index in [0.29, 0.717) is 0 Å². The number of rotatable bonds is 9. The molecule has 0 bridgehead atoms. The van der Waals surface area contributed by atoms with Crippen LogP contribution in [-0.4, -0.2) is 34.9 Å². The van der Waals surface area contributed by atoms with E-state index in [1.54, 1.807) is 0 Å². The van der Waals surface area contributed by atoms with Crippen molar-refractivity contribution in [1.29, 1.82) is 0 Å². The van der Waals surface area contributed by atoms with Crippen molar-refractivity contribution in [1.82, 2.24) is 15.1 Å². The van der Waals surface area contributed by atoms with Crippen molar-refractivity contribution in [3.8, 4) is 0 Å². The zero-order valence-electron chi connectivity index (χ0n) is 9.48. The predicted molar refractivity (Wildman–Crippen MR) is 67.3 cm³/mol. The van der Waals surface area contributed by atoms with E-state index in [4.69, 9.17) is 0 Å². The van der Waals surface area contributed by atoms with Crippen LogP contribution in [0.5, 0.6) is 0 Å². The van der Waals surface area contributed by atoms with Gasteiger partial charge in [0.05, 0.1) is 0 Å². The summed E-state index contributed by atoms with van der Waals surface area (Å²) in [6, 6.07) is 1.97. The fourth-order valence-corrected chi connectivity index (χ4v) is 1.91. The first-order valence-corrected chi connectivity index (χ1v) is 7.00. The van der Waals surface area contributed by atoms with Gasteiger partial charge < -0.3 is 5.32 Å². The highest BCUT2D eigenvalue weighted by molar-refractivity contribution is 7.98. The van der Waals surface area contributed by atoms with E-state index in [-0.39, 0.29) is 0 Å². The van der Waals surface area contributed by atoms with Crippen molar-refractivity contribution in [3.63, 3.8) is 0 Å². The molecular formula is C11H21N3S. The van der Waals surface area contributed by atoms with E-state index in [9.17, 15) is 0 Å². The summed E-state index contributed by atoms with van der Waals surface area (Å²) in [6.45, 7) is 3.27. The molecule has 1 heterocycles. The SMILES string of the molecule is CSCCCCNCCCn1cccn1. The van der Waals surface area contributed by atoms with Gasteiger partial charge >= 0.3 is 0 Å². The Kier molecular flexibility index (Phi) is 7.38. The lowest BCUT2D eigenvalue weighted by molar-refractivity contribution is 0.537. The molecule has 0 radical (unpaired) electrons. The molecule has 86 valence electrons. The van der Waals surface area contributed by atoms with Gasteiger partial charge in [-0.2, -0.15) is 16.9 Å². The third-order valence-electron chi connectivity index (χ3n) is 2.25. The normalized spacial score (nSPS) is 10.7. The van der Waals surface area contributed by atoms with Crippen LogP contribution in [0.15, 0.2) is 18.5 Å². The van der Waals surface area contributed by atoms with Crippen LogP contribution >= 0.6 is 11.8 Å². The van der Waals surface area contributed by atoms with Crippen molar-refractivity contribution >= 4 is 11.8 Å². The Hall–Kier alpha value is -0.480. The third-order valence-corrected chi connectivity index (χ3v) is 2.95. The molecule has 0 aliphatic rings. The third kappa shape index (κ3) is 6.57. The molecule has 0 aromatic carbocycles. The van der Waals surface area contributed by atoms with E-state index in [2.05, 4.69) is 16.7 Å². The number of hydrogen-bond acceptors (Lipinski definition) is 3. The van der Waals surface area contributed by atoms with Gasteiger partial charge in [-0.05, 0) is 50.4 Å². The summed E-state index contributed by atoms with van der Waals surface area (Å²) in [5, 5.41) is 7.62. The second-order valence-electron chi connectivity index (χ2n) is 3.57. The van der Waals surface area contributed by atoms with Gasteiger partial charge in [-0.15, -0.1) is 0 Å². The fraction of sp³-hybridized carbons (Fsp3) is 0.727. The van der Waals surface area contributed by atoms with Crippen LogP contribution in [0.3, 0.4) is 0 Å². The molecule has 0 unspecified atom stereocenters. The number of aryl methyl sites for hydroxylation is 1. The Balaban J connectivity index is 1.81. The maximum atomic E-state index is 4.16. The van der Waals surface area contributed by atoms with Crippen molar-refractivity contribution in [3.05, 3.63) is 18.5 Å². The highest BCUT2D eigenvalue weighted by Gasteiger charge is 1.91. The summed E-state index contributed by atoms with van der Waals surface area (Å²) in [5.74, 6) is 1.29. The van der Waals surface area contributed by atoms with Crippen LogP contribution < -0.4 is 5.32 Å². The van der Waals surface area contributed by atoms with E-state index < -0.39 is 0 Å². The standard InChI is InChI=1S/C11H21N3S/c1-15-11-3-2-6-12-7-4-9-14-10-5-8-13-14/h5,8,10,12H,2-4,6-7,9,11H2,1H3. The van der Waals surface area contributed by atoms with E-state index in [0.717, 1.165) is 26.1 Å². The minimum Gasteiger partial charge on any atom is -0.317 e. The van der Waals surface area contributed by atoms with Crippen LogP contribution in [0.1, 0.15) is 19.3 Å². The van der Waals surface area contributed by atoms with Gasteiger partial charge in [0.25, 0.3) is 0 Å². The Morgan fingerprint density at radius 1 is 1.27 bits per heavy atom. The number of unbranched alkanes of at least 4 members (excludes halogenated alkanes) is 1. The minimum atomic E-state index is 1.02. The lowest BCUT2D eigenvalue weighted by atomic mass is 10.3. The smallest absolute Gasteiger partial charge is 0.0489 e. The molecule has 1 aromatic rings. The maximum Gasteiger partial charge on any atom is 0.0489 e. The highest BCUT2D eigenvalue weighted by Crippen LogP contribution is 1.97. The zero-order valence-corrected chi connectivity index (χ0v) is 10.3. The van der Waals surface area contributed by atoms with E-state index in [1.165, 1.54) is 18.6 Å². The number of hydrogen-bond donors (Lipinski definition) is 1. The second-order valence-corrected chi connectivity index (χ2v) is 4.56. The zero-order chi connectivity index (χ0) is 10.8. The van der Waals surface area contributed by atoms with Gasteiger partial charge in [0.2, 0.25) is 0 Å². The Bertz CT molecular complexity index is 224. The van der Waals surface area contributed by atoms with Crippen LogP contribution in [0.2, 0.25) is 0 Å². The summed E-state index contributed by atoms with van der Waals surface area (Å²) < 4.78 is 1.98. The molecule has 0 saturated carbocycles. The van der Waals surface area contributed by atoms with Gasteiger partial charge in [0, 0.05) is 18.9 Å². The summed E-state index contributed by atoms with van der Waals surface area (Å²) in [7, 11) is 0. The lowest BCUT2D eigenvalue weighted by Crippen LogP contribution is -2.18. The highest BCUT2D eigenvalue weighted by atomic mass is 32.2. The van der Waals surface area contributed by atoms with Gasteiger partial charge in [-0.3, -0.25) is 4.68 Å². The molecule has 0 spiro atoms. The first-order chi connectivity index (χ1) is 7.43. The Labute approximate surface area is 96.6 Å². The molecule has 1 rings (SSSR count). The molecule has 0 fully saturated rings. The number of aromatic nitrogens is 2. The van der Waals surface area contributed by atoms with Crippen LogP contribution in [0.4, 0.5) is 0 Å². The van der Waals surface area contributed by atoms with Crippen LogP contribution in [0.25, 0.3) is 0 Å². The maximum absolute atomic E-state index is 4.16. The lowest BCUT2D eigenvalue weighted by Gasteiger charge is -2.04. The summed E-state index contributed by atoms with van der Waals surface area (Å²) >= 11 is 1.93. The number of nitrogens with zero attached hydrogens (tertiary/aromatic N) is 2. The molecule has 0 amide bonds. The first-order valence-electron chi connectivity index (χ1n) is 5.60. The molecule has 0 saturated heterocycles. The van der Waals surface area contributed by atoms with Crippen molar-refractivity contribution < 1.29 is 0 Å². The van der Waals surface area contributed by atoms with Gasteiger partial charge in [0.15, 0.2) is 0 Å². The van der Waals surface area contributed by atoms with Gasteiger partial charge in [0.1, 0.15) is 0 Å². The van der Waals surface area contributed by atoms with E-state index in [1.807, 2.05) is 34.9 Å². The summed E-state index contributed by atoms with van der Waals surface area (Å²) in [6.07, 6.45) is 9.78. The summed E-state index contributed by atoms with van der Waals surface area (Å²) in [5.41, 5.74) is 0. The number of thioether (sulfide) groups is 1. The first kappa shape index (κ1) is 12.6. The molecule has 4 heteroatoms. The van der Waals surface area contributed by atoms with Crippen LogP contribution in [-0.2, 0) is 6.54 Å². The molecule has 3 nitrogen and oxygen atoms in total. The van der Waals surface area contributed by atoms with Crippen molar-refractivity contribution in [2.24, 2.45) is 0 Å². The summed E-state index contributed by atoms with van der Waals surface area (Å²) in [4.78, 5) is 0. The Morgan fingerprint density at radius 3 is 2.87 bits per heavy atom. The monoisotopic (exact) mass is 227 g/mol. The molecular weight excluding hydrogens is 206 g/mol. The average molecular weight is 227 g/mol. The van der Waals surface area contributed by atoms with Gasteiger partial charge in [-0.1, -0.05) is 0 Å². The molecule has 15 heavy (non-hydrogen) atoms. The predicted octanol–water partition coefficient (Wildman–Crippen LogP) is 2.01. The average Bonchev–Trinajstić information content (AvgIpc) is 2.75. The largest absolute Gasteiger partial charge is 0.317 e. The second kappa shape index (κ2) is 8.80. The van der Waals surface area contributed by atoms with Crippen molar-refractivity contribution in [2.45, 2.75) is 25.8 Å². The minimum absolute atomic E-state index is 1.02. The molecule has 0 aliphatic heterocycles. The Morgan fingerprint density at radius 2 is 2.13 bits per heavy atom. The van der Waals surface area contributed by atoms with Crippen molar-refractivity contribution in [2.75, 3.05) is 25.1 Å². The topological polar surface area (TPSA) is 29.9 Å². The number of nitrogens with one attached hydrogen (secondary N) is 1. The van der Waals surface area contributed by atoms with E-state index >= 15 is 0 Å². The fourth-order valence-electron chi connectivity index (χ4n) is 1.42. The molecule has 1 aromatic heterocycles. The molecule has 0 aliphatic carbocycles.